The van der Waals surface area contributed by atoms with Crippen molar-refractivity contribution < 1.29 is 9.79 Å². The van der Waals surface area contributed by atoms with E-state index in [-0.39, 0.29) is 6.04 Å². The summed E-state index contributed by atoms with van der Waals surface area (Å²) in [7, 11) is -2.75. The van der Waals surface area contributed by atoms with Gasteiger partial charge in [0.15, 0.2) is 0 Å². The molecule has 0 saturated carbocycles. The highest BCUT2D eigenvalue weighted by atomic mass is 31.2. The molecular formula is C8H17NO2P+. The van der Waals surface area contributed by atoms with E-state index in [1.807, 2.05) is 13.0 Å². The Kier molecular flexibility index (Phi) is 3.24. The van der Waals surface area contributed by atoms with E-state index in [0.29, 0.717) is 6.16 Å². The molecule has 0 aromatic heterocycles. The Morgan fingerprint density at radius 2 is 2.33 bits per heavy atom. The zero-order chi connectivity index (χ0) is 9.19. The zero-order valence-corrected chi connectivity index (χ0v) is 8.30. The van der Waals surface area contributed by atoms with E-state index in [0.717, 1.165) is 24.6 Å². The smallest absolute Gasteiger partial charge is 0.295 e. The summed E-state index contributed by atoms with van der Waals surface area (Å²) in [6.07, 6.45) is 4.77. The minimum absolute atomic E-state index is 0.0375. The summed E-state index contributed by atoms with van der Waals surface area (Å²) in [6.45, 7) is 1.95. The molecule has 0 aromatic carbocycles. The van der Waals surface area contributed by atoms with Crippen molar-refractivity contribution in [1.82, 2.24) is 0 Å². The first-order valence-corrected chi connectivity index (χ1v) is 6.24. The maximum absolute atomic E-state index is 9.67. The molecule has 1 rings (SSSR count). The topological polar surface area (TPSA) is 66.5 Å². The van der Waals surface area contributed by atoms with E-state index in [1.54, 1.807) is 0 Å². The van der Waals surface area contributed by atoms with E-state index < -0.39 is 7.72 Å². The summed E-state index contributed by atoms with van der Waals surface area (Å²) in [4.78, 5) is 19.3. The van der Waals surface area contributed by atoms with Gasteiger partial charge in [-0.1, -0.05) is 6.92 Å². The molecule has 4 N–H and O–H groups in total. The fourth-order valence-electron chi connectivity index (χ4n) is 1.48. The van der Waals surface area contributed by atoms with Crippen molar-refractivity contribution in [1.29, 1.82) is 0 Å². The average molecular weight is 190 g/mol. The van der Waals surface area contributed by atoms with Crippen LogP contribution in [0.4, 0.5) is 0 Å². The van der Waals surface area contributed by atoms with Crippen LogP contribution in [0.15, 0.2) is 11.4 Å². The molecule has 1 aliphatic rings. The number of nitrogens with two attached hydrogens (primary N) is 1. The fraction of sp³-hybridized carbons (Fsp3) is 0.750. The molecule has 0 heterocycles. The lowest BCUT2D eigenvalue weighted by atomic mass is 10.3. The van der Waals surface area contributed by atoms with Crippen molar-refractivity contribution in [2.45, 2.75) is 32.2 Å². The lowest BCUT2D eigenvalue weighted by molar-refractivity contribution is 0.456. The fourth-order valence-corrected chi connectivity index (χ4v) is 3.31. The SMILES string of the molecule is CCC[P+](O)(O)C1=C[C@@H](N)CC1. The maximum Gasteiger partial charge on any atom is 0.295 e. The van der Waals surface area contributed by atoms with Gasteiger partial charge in [0.25, 0.3) is 7.72 Å². The normalized spacial score (nSPS) is 24.3. The summed E-state index contributed by atoms with van der Waals surface area (Å²) < 4.78 is 0. The van der Waals surface area contributed by atoms with Gasteiger partial charge in [0.05, 0.1) is 0 Å². The highest BCUT2D eigenvalue weighted by Crippen LogP contribution is 2.61. The molecule has 0 amide bonds. The number of hydrogen-bond donors (Lipinski definition) is 3. The van der Waals surface area contributed by atoms with Crippen molar-refractivity contribution >= 4 is 7.72 Å². The quantitative estimate of drug-likeness (QED) is 0.586. The Morgan fingerprint density at radius 3 is 2.75 bits per heavy atom. The van der Waals surface area contributed by atoms with E-state index >= 15 is 0 Å². The summed E-state index contributed by atoms with van der Waals surface area (Å²) in [5, 5.41) is 0.803. The molecule has 0 aromatic rings. The van der Waals surface area contributed by atoms with Crippen LogP contribution in [0.25, 0.3) is 0 Å². The second-order valence-electron chi connectivity index (χ2n) is 3.31. The van der Waals surface area contributed by atoms with Crippen LogP contribution in [0, 0.1) is 0 Å². The first-order valence-electron chi connectivity index (χ1n) is 4.36. The monoisotopic (exact) mass is 190 g/mol. The molecular weight excluding hydrogens is 173 g/mol. The van der Waals surface area contributed by atoms with E-state index in [2.05, 4.69) is 0 Å². The molecule has 4 heteroatoms. The van der Waals surface area contributed by atoms with Crippen LogP contribution in [0.2, 0.25) is 0 Å². The van der Waals surface area contributed by atoms with Gasteiger partial charge in [0.1, 0.15) is 11.5 Å². The van der Waals surface area contributed by atoms with Crippen molar-refractivity contribution in [2.24, 2.45) is 5.73 Å². The van der Waals surface area contributed by atoms with Gasteiger partial charge in [-0.3, -0.25) is 0 Å². The van der Waals surface area contributed by atoms with Gasteiger partial charge in [-0.2, -0.15) is 0 Å². The Balaban J connectivity index is 2.62. The van der Waals surface area contributed by atoms with Gasteiger partial charge >= 0.3 is 0 Å². The highest BCUT2D eigenvalue weighted by molar-refractivity contribution is 7.68. The summed E-state index contributed by atoms with van der Waals surface area (Å²) in [5.74, 6) is 0. The minimum atomic E-state index is -2.75. The molecule has 0 unspecified atom stereocenters. The van der Waals surface area contributed by atoms with Crippen molar-refractivity contribution in [3.63, 3.8) is 0 Å². The molecule has 0 bridgehead atoms. The molecule has 3 nitrogen and oxygen atoms in total. The van der Waals surface area contributed by atoms with Crippen molar-refractivity contribution in [3.8, 4) is 0 Å². The van der Waals surface area contributed by atoms with Crippen molar-refractivity contribution in [2.75, 3.05) is 6.16 Å². The van der Waals surface area contributed by atoms with Gasteiger partial charge in [-0.05, 0) is 18.9 Å². The van der Waals surface area contributed by atoms with Gasteiger partial charge in [0, 0.05) is 12.5 Å². The van der Waals surface area contributed by atoms with Crippen LogP contribution >= 0.6 is 7.72 Å². The van der Waals surface area contributed by atoms with Gasteiger partial charge in [0.2, 0.25) is 0 Å². The lowest BCUT2D eigenvalue weighted by Crippen LogP contribution is -2.11. The van der Waals surface area contributed by atoms with Crippen LogP contribution in [0.3, 0.4) is 0 Å². The van der Waals surface area contributed by atoms with E-state index in [9.17, 15) is 9.79 Å². The molecule has 0 saturated heterocycles. The van der Waals surface area contributed by atoms with Gasteiger partial charge in [-0.25, -0.2) is 9.79 Å². The number of hydrogen-bond acceptors (Lipinski definition) is 3. The zero-order valence-electron chi connectivity index (χ0n) is 7.40. The number of rotatable bonds is 3. The van der Waals surface area contributed by atoms with E-state index in [1.165, 1.54) is 0 Å². The van der Waals surface area contributed by atoms with Crippen LogP contribution in [-0.2, 0) is 0 Å². The molecule has 1 atom stereocenters. The first kappa shape index (κ1) is 10.1. The van der Waals surface area contributed by atoms with Crippen LogP contribution < -0.4 is 5.73 Å². The Morgan fingerprint density at radius 1 is 1.67 bits per heavy atom. The first-order chi connectivity index (χ1) is 5.56. The predicted octanol–water partition coefficient (Wildman–Crippen LogP) is 1.23. The molecule has 0 spiro atoms. The largest absolute Gasteiger partial charge is 0.324 e. The van der Waals surface area contributed by atoms with Crippen molar-refractivity contribution in [3.05, 3.63) is 11.4 Å². The third kappa shape index (κ3) is 2.27. The summed E-state index contributed by atoms with van der Waals surface area (Å²) >= 11 is 0. The highest BCUT2D eigenvalue weighted by Gasteiger charge is 2.40. The molecule has 0 aliphatic heterocycles. The second-order valence-corrected chi connectivity index (χ2v) is 5.80. The lowest BCUT2D eigenvalue weighted by Gasteiger charge is -2.11. The third-order valence-electron chi connectivity index (χ3n) is 2.14. The molecule has 0 radical (unpaired) electrons. The summed E-state index contributed by atoms with van der Waals surface area (Å²) in [6, 6.07) is 0.0375. The van der Waals surface area contributed by atoms with Crippen LogP contribution in [0.1, 0.15) is 26.2 Å². The second kappa shape index (κ2) is 3.84. The standard InChI is InChI=1S/C8H17NO2P/c1-2-5-12(10,11)8-4-3-7(9)6-8/h6-7,10-11H,2-5,9H2,1H3/q+1/t7-/m0/s1. The number of allylic oxidation sites excluding steroid dienone is 1. The van der Waals surface area contributed by atoms with Crippen LogP contribution in [-0.4, -0.2) is 22.0 Å². The Hall–Kier alpha value is 0.0500. The van der Waals surface area contributed by atoms with Gasteiger partial charge < -0.3 is 5.73 Å². The maximum atomic E-state index is 9.67. The third-order valence-corrected chi connectivity index (χ3v) is 4.50. The van der Waals surface area contributed by atoms with E-state index in [4.69, 9.17) is 5.73 Å². The Labute approximate surface area is 73.8 Å². The summed E-state index contributed by atoms with van der Waals surface area (Å²) in [5.41, 5.74) is 5.64. The molecule has 70 valence electrons. The minimum Gasteiger partial charge on any atom is -0.324 e. The molecule has 0 fully saturated rings. The molecule has 1 aliphatic carbocycles. The average Bonchev–Trinajstić information content (AvgIpc) is 2.36. The Bertz CT molecular complexity index is 191. The molecule has 12 heavy (non-hydrogen) atoms. The van der Waals surface area contributed by atoms with Gasteiger partial charge in [-0.15, -0.1) is 0 Å². The van der Waals surface area contributed by atoms with Crippen LogP contribution in [0.5, 0.6) is 0 Å². The predicted molar refractivity (Wildman–Crippen MR) is 51.8 cm³/mol.